The van der Waals surface area contributed by atoms with E-state index in [1.165, 1.54) is 0 Å². The number of rotatable bonds is 2. The van der Waals surface area contributed by atoms with Gasteiger partial charge in [0, 0.05) is 0 Å². The zero-order valence-electron chi connectivity index (χ0n) is 6.49. The predicted octanol–water partition coefficient (Wildman–Crippen LogP) is 0.690. The minimum atomic E-state index is -0.982. The van der Waals surface area contributed by atoms with Crippen LogP contribution in [0.1, 0.15) is 13.3 Å². The second-order valence-corrected chi connectivity index (χ2v) is 2.66. The lowest BCUT2D eigenvalue weighted by Crippen LogP contribution is -2.17. The first kappa shape index (κ1) is 8.27. The van der Waals surface area contributed by atoms with Gasteiger partial charge >= 0.3 is 5.97 Å². The molecule has 0 amide bonds. The van der Waals surface area contributed by atoms with Gasteiger partial charge in [-0.1, -0.05) is 13.0 Å². The van der Waals surface area contributed by atoms with Crippen molar-refractivity contribution >= 4 is 5.97 Å². The number of aliphatic hydroxyl groups excluding tert-OH is 1. The first-order valence-electron chi connectivity index (χ1n) is 3.71. The van der Waals surface area contributed by atoms with E-state index in [0.717, 1.165) is 0 Å². The normalized spacial score (nSPS) is 36.9. The van der Waals surface area contributed by atoms with Gasteiger partial charge in [-0.25, -0.2) is 0 Å². The van der Waals surface area contributed by atoms with Crippen LogP contribution in [0.15, 0.2) is 12.7 Å². The number of aliphatic hydroxyl groups is 1. The van der Waals surface area contributed by atoms with Crippen LogP contribution < -0.4 is 0 Å². The number of esters is 1. The molecule has 1 rings (SSSR count). The van der Waals surface area contributed by atoms with Crippen molar-refractivity contribution < 1.29 is 14.6 Å². The van der Waals surface area contributed by atoms with Crippen molar-refractivity contribution in [3.63, 3.8) is 0 Å². The molecule has 62 valence electrons. The van der Waals surface area contributed by atoms with Gasteiger partial charge in [-0.15, -0.1) is 6.58 Å². The Morgan fingerprint density at radius 1 is 1.82 bits per heavy atom. The van der Waals surface area contributed by atoms with Gasteiger partial charge in [0.2, 0.25) is 6.29 Å². The molecule has 0 bridgehead atoms. The first-order chi connectivity index (χ1) is 5.20. The maximum Gasteiger partial charge on any atom is 0.312 e. The summed E-state index contributed by atoms with van der Waals surface area (Å²) < 4.78 is 4.61. The van der Waals surface area contributed by atoms with Crippen LogP contribution >= 0.6 is 0 Å². The fourth-order valence-electron chi connectivity index (χ4n) is 1.36. The van der Waals surface area contributed by atoms with Crippen molar-refractivity contribution in [2.45, 2.75) is 19.6 Å². The zero-order valence-corrected chi connectivity index (χ0v) is 6.49. The van der Waals surface area contributed by atoms with Gasteiger partial charge in [-0.2, -0.15) is 0 Å². The smallest absolute Gasteiger partial charge is 0.312 e. The molecule has 0 radical (unpaired) electrons. The summed E-state index contributed by atoms with van der Waals surface area (Å²) in [6, 6.07) is 0. The maximum atomic E-state index is 11.0. The molecule has 1 saturated heterocycles. The van der Waals surface area contributed by atoms with Crippen molar-refractivity contribution in [2.75, 3.05) is 0 Å². The molecule has 3 unspecified atom stereocenters. The number of carbonyl (C=O) groups excluding carboxylic acids is 1. The molecular formula is C8H12O3. The lowest BCUT2D eigenvalue weighted by Gasteiger charge is -2.09. The lowest BCUT2D eigenvalue weighted by molar-refractivity contribution is -0.156. The summed E-state index contributed by atoms with van der Waals surface area (Å²) >= 11 is 0. The quantitative estimate of drug-likeness (QED) is 0.472. The topological polar surface area (TPSA) is 46.5 Å². The highest BCUT2D eigenvalue weighted by molar-refractivity contribution is 5.75. The Labute approximate surface area is 65.7 Å². The molecule has 3 atom stereocenters. The number of hydrogen-bond donors (Lipinski definition) is 1. The Bertz CT molecular complexity index is 176. The second-order valence-electron chi connectivity index (χ2n) is 2.66. The fourth-order valence-corrected chi connectivity index (χ4v) is 1.36. The van der Waals surface area contributed by atoms with Gasteiger partial charge in [-0.3, -0.25) is 4.79 Å². The first-order valence-corrected chi connectivity index (χ1v) is 3.71. The van der Waals surface area contributed by atoms with E-state index >= 15 is 0 Å². The summed E-state index contributed by atoms with van der Waals surface area (Å²) in [6.45, 7) is 5.42. The van der Waals surface area contributed by atoms with Crippen molar-refractivity contribution in [1.29, 1.82) is 0 Å². The molecule has 0 aromatic heterocycles. The molecular weight excluding hydrogens is 144 g/mol. The van der Waals surface area contributed by atoms with E-state index in [1.807, 2.05) is 6.92 Å². The average molecular weight is 156 g/mol. The van der Waals surface area contributed by atoms with Gasteiger partial charge in [0.1, 0.15) is 0 Å². The molecule has 0 saturated carbocycles. The van der Waals surface area contributed by atoms with Gasteiger partial charge in [-0.05, 0) is 6.42 Å². The number of hydrogen-bond acceptors (Lipinski definition) is 3. The molecule has 0 spiro atoms. The third kappa shape index (κ3) is 1.28. The number of ether oxygens (including phenoxy) is 1. The second kappa shape index (κ2) is 3.05. The minimum Gasteiger partial charge on any atom is -0.435 e. The van der Waals surface area contributed by atoms with Crippen LogP contribution in [0.25, 0.3) is 0 Å². The third-order valence-corrected chi connectivity index (χ3v) is 2.05. The standard InChI is InChI=1S/C8H12O3/c1-3-5-6(4-2)8(10)11-7(5)9/h3,5-7,9H,1,4H2,2H3. The van der Waals surface area contributed by atoms with Crippen LogP contribution in [0.5, 0.6) is 0 Å². The van der Waals surface area contributed by atoms with Crippen molar-refractivity contribution in [1.82, 2.24) is 0 Å². The lowest BCUT2D eigenvalue weighted by atomic mass is 9.92. The van der Waals surface area contributed by atoms with E-state index < -0.39 is 6.29 Å². The Morgan fingerprint density at radius 3 is 2.82 bits per heavy atom. The van der Waals surface area contributed by atoms with Crippen LogP contribution in [0.3, 0.4) is 0 Å². The molecule has 3 heteroatoms. The van der Waals surface area contributed by atoms with Crippen LogP contribution in [0.4, 0.5) is 0 Å². The van der Waals surface area contributed by atoms with E-state index in [4.69, 9.17) is 5.11 Å². The summed E-state index contributed by atoms with van der Waals surface area (Å²) in [7, 11) is 0. The van der Waals surface area contributed by atoms with Crippen LogP contribution in [0, 0.1) is 11.8 Å². The molecule has 0 aromatic rings. The van der Waals surface area contributed by atoms with E-state index in [0.29, 0.717) is 6.42 Å². The Kier molecular flexibility index (Phi) is 2.29. The summed E-state index contributed by atoms with van der Waals surface area (Å²) in [5.74, 6) is -0.750. The monoisotopic (exact) mass is 156 g/mol. The third-order valence-electron chi connectivity index (χ3n) is 2.05. The van der Waals surface area contributed by atoms with E-state index in [9.17, 15) is 4.79 Å². The molecule has 1 N–H and O–H groups in total. The molecule has 0 aliphatic carbocycles. The SMILES string of the molecule is C=CC1C(O)OC(=O)C1CC. The predicted molar refractivity (Wildman–Crippen MR) is 39.6 cm³/mol. The Hall–Kier alpha value is -0.830. The van der Waals surface area contributed by atoms with Crippen LogP contribution in [0.2, 0.25) is 0 Å². The summed E-state index contributed by atoms with van der Waals surface area (Å²) in [5, 5.41) is 9.15. The average Bonchev–Trinajstić information content (AvgIpc) is 2.24. The largest absolute Gasteiger partial charge is 0.435 e. The van der Waals surface area contributed by atoms with E-state index in [-0.39, 0.29) is 17.8 Å². The Morgan fingerprint density at radius 2 is 2.45 bits per heavy atom. The summed E-state index contributed by atoms with van der Waals surface area (Å²) in [6.07, 6.45) is 1.28. The van der Waals surface area contributed by atoms with Gasteiger partial charge < -0.3 is 9.84 Å². The van der Waals surface area contributed by atoms with Gasteiger partial charge in [0.25, 0.3) is 0 Å². The number of cyclic esters (lactones) is 1. The molecule has 1 aliphatic heterocycles. The highest BCUT2D eigenvalue weighted by Crippen LogP contribution is 2.29. The van der Waals surface area contributed by atoms with Crippen molar-refractivity contribution in [3.05, 3.63) is 12.7 Å². The zero-order chi connectivity index (χ0) is 8.43. The van der Waals surface area contributed by atoms with Gasteiger partial charge in [0.05, 0.1) is 11.8 Å². The van der Waals surface area contributed by atoms with E-state index in [2.05, 4.69) is 11.3 Å². The molecule has 0 aromatic carbocycles. The maximum absolute atomic E-state index is 11.0. The number of carbonyl (C=O) groups is 1. The molecule has 1 aliphatic rings. The summed E-state index contributed by atoms with van der Waals surface area (Å²) in [4.78, 5) is 11.0. The van der Waals surface area contributed by atoms with Crippen molar-refractivity contribution in [2.24, 2.45) is 11.8 Å². The molecule has 11 heavy (non-hydrogen) atoms. The fraction of sp³-hybridized carbons (Fsp3) is 0.625. The van der Waals surface area contributed by atoms with Crippen LogP contribution in [-0.2, 0) is 9.53 Å². The molecule has 1 heterocycles. The molecule has 3 nitrogen and oxygen atoms in total. The Balaban J connectivity index is 2.74. The van der Waals surface area contributed by atoms with Crippen LogP contribution in [-0.4, -0.2) is 17.4 Å². The molecule has 1 fully saturated rings. The minimum absolute atomic E-state index is 0.206. The van der Waals surface area contributed by atoms with Gasteiger partial charge in [0.15, 0.2) is 0 Å². The van der Waals surface area contributed by atoms with Crippen molar-refractivity contribution in [3.8, 4) is 0 Å². The summed E-state index contributed by atoms with van der Waals surface area (Å²) in [5.41, 5.74) is 0. The highest BCUT2D eigenvalue weighted by atomic mass is 16.6. The highest BCUT2D eigenvalue weighted by Gasteiger charge is 2.40. The van der Waals surface area contributed by atoms with E-state index in [1.54, 1.807) is 6.08 Å².